The summed E-state index contributed by atoms with van der Waals surface area (Å²) >= 11 is 0. The molecule has 0 N–H and O–H groups in total. The molecule has 9 atom stereocenters. The van der Waals surface area contributed by atoms with E-state index in [4.69, 9.17) is 18.9 Å². The van der Waals surface area contributed by atoms with Crippen molar-refractivity contribution in [2.75, 3.05) is 7.11 Å². The molecule has 2 spiro atoms. The Balaban J connectivity index is 1.49. The fraction of sp³-hybridized carbons (Fsp3) is 0.905. The van der Waals surface area contributed by atoms with E-state index in [0.29, 0.717) is 6.42 Å². The molecule has 3 saturated heterocycles. The molecule has 6 fully saturated rings. The highest BCUT2D eigenvalue weighted by atomic mass is 16.7. The minimum absolute atomic E-state index is 0.0786. The predicted octanol–water partition coefficient (Wildman–Crippen LogP) is 2.03. The van der Waals surface area contributed by atoms with Gasteiger partial charge in [0.25, 0.3) is 0 Å². The minimum Gasteiger partial charge on any atom is -0.469 e. The lowest BCUT2D eigenvalue weighted by Crippen LogP contribution is -2.69. The molecule has 6 rings (SSSR count). The lowest BCUT2D eigenvalue weighted by atomic mass is 9.43. The molecular formula is C21H28O6. The van der Waals surface area contributed by atoms with Crippen LogP contribution in [0, 0.1) is 22.7 Å². The molecule has 27 heavy (non-hydrogen) atoms. The first-order chi connectivity index (χ1) is 12.7. The number of hydrogen-bond donors (Lipinski definition) is 0. The van der Waals surface area contributed by atoms with Gasteiger partial charge in [-0.2, -0.15) is 0 Å². The van der Waals surface area contributed by atoms with Crippen molar-refractivity contribution in [3.05, 3.63) is 0 Å². The quantitative estimate of drug-likeness (QED) is 0.542. The van der Waals surface area contributed by atoms with Crippen LogP contribution in [0.4, 0.5) is 0 Å². The van der Waals surface area contributed by atoms with Gasteiger partial charge >= 0.3 is 5.97 Å². The van der Waals surface area contributed by atoms with Crippen molar-refractivity contribution in [1.82, 2.24) is 0 Å². The van der Waals surface area contributed by atoms with Gasteiger partial charge in [-0.25, -0.2) is 0 Å². The number of methoxy groups -OCH3 is 1. The normalized spacial score (nSPS) is 61.8. The highest BCUT2D eigenvalue weighted by Gasteiger charge is 3.01. The van der Waals surface area contributed by atoms with E-state index in [0.717, 1.165) is 19.3 Å². The molecule has 148 valence electrons. The standard InChI is InChI=1S/C21H28O6/c1-10(2)19-13(26-19)14-21(27-14)18(4)8-6-7-17(3,16(23)24-5)11(18)9-12-20(21,25-12)15(19)22/h10-14H,6-9H2,1-5H3/t11-,12-,13-,14-,17+,18-,19-,20+,21+/m0/s1. The van der Waals surface area contributed by atoms with Gasteiger partial charge in [0.15, 0.2) is 11.2 Å². The number of hydrogen-bond acceptors (Lipinski definition) is 6. The van der Waals surface area contributed by atoms with Gasteiger partial charge in [0.1, 0.15) is 17.8 Å². The van der Waals surface area contributed by atoms with Gasteiger partial charge in [-0.1, -0.05) is 27.2 Å². The van der Waals surface area contributed by atoms with Gasteiger partial charge in [0, 0.05) is 5.41 Å². The Morgan fingerprint density at radius 1 is 1.15 bits per heavy atom. The van der Waals surface area contributed by atoms with E-state index < -0.39 is 22.2 Å². The highest BCUT2D eigenvalue weighted by Crippen LogP contribution is 2.82. The maximum Gasteiger partial charge on any atom is 0.311 e. The van der Waals surface area contributed by atoms with Crippen molar-refractivity contribution in [3.63, 3.8) is 0 Å². The Labute approximate surface area is 159 Å². The lowest BCUT2D eigenvalue weighted by Gasteiger charge is -2.57. The van der Waals surface area contributed by atoms with Crippen molar-refractivity contribution in [1.29, 1.82) is 0 Å². The average molecular weight is 376 g/mol. The number of ether oxygens (including phenoxy) is 4. The SMILES string of the molecule is COC(=O)[C@]1(C)CCC[C@@]2(C)[C@H]1C[C@@H]1O[C@@]13C(=O)[C@@]1(C(C)C)O[C@H]1[C@@H]1O[C@]123. The number of rotatable bonds is 2. The zero-order chi connectivity index (χ0) is 19.2. The first-order valence-electron chi connectivity index (χ1n) is 10.3. The summed E-state index contributed by atoms with van der Waals surface area (Å²) in [6.45, 7) is 8.34. The topological polar surface area (TPSA) is 81.0 Å². The summed E-state index contributed by atoms with van der Waals surface area (Å²) in [6.07, 6.45) is 2.95. The first-order valence-corrected chi connectivity index (χ1v) is 10.3. The number of carbonyl (C=O) groups excluding carboxylic acids is 2. The fourth-order valence-corrected chi connectivity index (χ4v) is 7.92. The van der Waals surface area contributed by atoms with E-state index in [2.05, 4.69) is 6.92 Å². The maximum absolute atomic E-state index is 13.7. The van der Waals surface area contributed by atoms with Crippen molar-refractivity contribution < 1.29 is 28.5 Å². The molecular weight excluding hydrogens is 348 g/mol. The van der Waals surface area contributed by atoms with Crippen LogP contribution in [0.2, 0.25) is 0 Å². The Bertz CT molecular complexity index is 794. The molecule has 6 heteroatoms. The van der Waals surface area contributed by atoms with Gasteiger partial charge in [0.2, 0.25) is 5.78 Å². The Hall–Kier alpha value is -0.980. The predicted molar refractivity (Wildman–Crippen MR) is 92.8 cm³/mol. The van der Waals surface area contributed by atoms with E-state index in [9.17, 15) is 9.59 Å². The number of ketones is 1. The zero-order valence-corrected chi connectivity index (χ0v) is 16.7. The van der Waals surface area contributed by atoms with Crippen molar-refractivity contribution in [3.8, 4) is 0 Å². The molecule has 0 aromatic rings. The van der Waals surface area contributed by atoms with E-state index in [-0.39, 0.29) is 47.3 Å². The van der Waals surface area contributed by atoms with Gasteiger partial charge < -0.3 is 18.9 Å². The van der Waals surface area contributed by atoms with Gasteiger partial charge in [0.05, 0.1) is 18.6 Å². The number of carbonyl (C=O) groups is 2. The van der Waals surface area contributed by atoms with Crippen LogP contribution in [-0.4, -0.2) is 54.0 Å². The molecule has 0 amide bonds. The summed E-state index contributed by atoms with van der Waals surface area (Å²) < 4.78 is 24.0. The summed E-state index contributed by atoms with van der Waals surface area (Å²) in [5.74, 6) is 0.129. The fourth-order valence-electron chi connectivity index (χ4n) is 7.92. The average Bonchev–Trinajstić information content (AvgIpc) is 3.49. The molecule has 3 heterocycles. The summed E-state index contributed by atoms with van der Waals surface area (Å²) in [7, 11) is 1.47. The van der Waals surface area contributed by atoms with Crippen LogP contribution in [0.25, 0.3) is 0 Å². The number of epoxide rings is 3. The second-order valence-electron chi connectivity index (χ2n) is 10.4. The molecule has 0 aromatic carbocycles. The Kier molecular flexibility index (Phi) is 2.69. The first kappa shape index (κ1) is 16.9. The summed E-state index contributed by atoms with van der Waals surface area (Å²) in [5.41, 5.74) is -3.10. The lowest BCUT2D eigenvalue weighted by molar-refractivity contribution is -0.173. The summed E-state index contributed by atoms with van der Waals surface area (Å²) in [4.78, 5) is 26.5. The number of fused-ring (bicyclic) bond motifs is 3. The molecule has 0 bridgehead atoms. The van der Waals surface area contributed by atoms with Crippen LogP contribution in [0.15, 0.2) is 0 Å². The third kappa shape index (κ3) is 1.38. The third-order valence-electron chi connectivity index (χ3n) is 9.33. The molecule has 6 aliphatic rings. The Morgan fingerprint density at radius 2 is 1.89 bits per heavy atom. The van der Waals surface area contributed by atoms with E-state index in [1.54, 1.807) is 0 Å². The molecule has 3 aliphatic carbocycles. The van der Waals surface area contributed by atoms with Crippen LogP contribution in [-0.2, 0) is 28.5 Å². The second kappa shape index (κ2) is 4.29. The van der Waals surface area contributed by atoms with Gasteiger partial charge in [-0.05, 0) is 38.0 Å². The van der Waals surface area contributed by atoms with Crippen LogP contribution >= 0.6 is 0 Å². The highest BCUT2D eigenvalue weighted by molar-refractivity contribution is 6.05. The molecule has 6 nitrogen and oxygen atoms in total. The van der Waals surface area contributed by atoms with Crippen LogP contribution in [0.3, 0.4) is 0 Å². The summed E-state index contributed by atoms with van der Waals surface area (Å²) in [5, 5.41) is 0. The van der Waals surface area contributed by atoms with E-state index in [1.165, 1.54) is 7.11 Å². The molecule has 0 aromatic heterocycles. The van der Waals surface area contributed by atoms with Gasteiger partial charge in [-0.15, -0.1) is 0 Å². The molecule has 0 unspecified atom stereocenters. The smallest absolute Gasteiger partial charge is 0.311 e. The zero-order valence-electron chi connectivity index (χ0n) is 16.7. The van der Waals surface area contributed by atoms with E-state index >= 15 is 0 Å². The maximum atomic E-state index is 13.7. The van der Waals surface area contributed by atoms with E-state index in [1.807, 2.05) is 20.8 Å². The molecule has 0 radical (unpaired) electrons. The van der Waals surface area contributed by atoms with Crippen LogP contribution in [0.1, 0.15) is 53.4 Å². The summed E-state index contributed by atoms with van der Waals surface area (Å²) in [6, 6.07) is 0. The second-order valence-corrected chi connectivity index (χ2v) is 10.4. The number of esters is 1. The van der Waals surface area contributed by atoms with Crippen molar-refractivity contribution in [2.45, 2.75) is 88.5 Å². The van der Waals surface area contributed by atoms with Crippen molar-refractivity contribution in [2.24, 2.45) is 22.7 Å². The molecule has 3 aliphatic heterocycles. The minimum atomic E-state index is -0.867. The third-order valence-corrected chi connectivity index (χ3v) is 9.33. The Morgan fingerprint density at radius 3 is 2.56 bits per heavy atom. The monoisotopic (exact) mass is 376 g/mol. The van der Waals surface area contributed by atoms with Crippen molar-refractivity contribution >= 4 is 11.8 Å². The number of Topliss-reactive ketones (excluding diaryl/α,β-unsaturated/α-hetero) is 1. The van der Waals surface area contributed by atoms with Gasteiger partial charge in [-0.3, -0.25) is 9.59 Å². The molecule has 3 saturated carbocycles. The van der Waals surface area contributed by atoms with Crippen LogP contribution < -0.4 is 0 Å². The largest absolute Gasteiger partial charge is 0.469 e. The van der Waals surface area contributed by atoms with Crippen LogP contribution in [0.5, 0.6) is 0 Å².